The number of fused-ring (bicyclic) bond motifs is 1. The Morgan fingerprint density at radius 3 is 2.75 bits per heavy atom. The molecule has 4 heteroatoms. The lowest BCUT2D eigenvalue weighted by molar-refractivity contribution is 0.393. The van der Waals surface area contributed by atoms with Crippen LogP contribution in [0.3, 0.4) is 0 Å². The van der Waals surface area contributed by atoms with E-state index in [0.29, 0.717) is 5.88 Å². The van der Waals surface area contributed by atoms with Crippen molar-refractivity contribution >= 4 is 22.8 Å². The van der Waals surface area contributed by atoms with Crippen LogP contribution >= 0.6 is 11.6 Å². The van der Waals surface area contributed by atoms with Crippen molar-refractivity contribution < 1.29 is 0 Å². The first-order valence-corrected chi connectivity index (χ1v) is 5.96. The molecule has 0 atom stereocenters. The molecule has 0 amide bonds. The largest absolute Gasteiger partial charge is 0.307 e. The third-order valence-corrected chi connectivity index (χ3v) is 2.66. The Balaban J connectivity index is 2.69. The highest BCUT2D eigenvalue weighted by atomic mass is 35.5. The van der Waals surface area contributed by atoms with Crippen LogP contribution in [0.15, 0.2) is 18.3 Å². The molecule has 0 fully saturated rings. The van der Waals surface area contributed by atoms with Crippen molar-refractivity contribution in [3.8, 4) is 0 Å². The minimum atomic E-state index is -0.0233. The van der Waals surface area contributed by atoms with E-state index in [2.05, 4.69) is 35.3 Å². The number of hydrogen-bond acceptors (Lipinski definition) is 2. The Hall–Kier alpha value is -1.09. The van der Waals surface area contributed by atoms with Gasteiger partial charge in [-0.15, -0.1) is 11.6 Å². The molecule has 3 nitrogen and oxygen atoms in total. The summed E-state index contributed by atoms with van der Waals surface area (Å²) in [7, 11) is 0. The minimum absolute atomic E-state index is 0.0233. The van der Waals surface area contributed by atoms with Gasteiger partial charge in [-0.25, -0.2) is 9.97 Å². The molecule has 0 aliphatic carbocycles. The van der Waals surface area contributed by atoms with Gasteiger partial charge in [0.15, 0.2) is 5.65 Å². The van der Waals surface area contributed by atoms with Gasteiger partial charge in [0.25, 0.3) is 0 Å². The number of rotatable bonds is 2. The summed E-state index contributed by atoms with van der Waals surface area (Å²) in [5.74, 6) is 1.59. The van der Waals surface area contributed by atoms with E-state index in [4.69, 9.17) is 11.6 Å². The number of hydrogen-bond donors (Lipinski definition) is 0. The van der Waals surface area contributed by atoms with Gasteiger partial charge in [0.05, 0.1) is 0 Å². The summed E-state index contributed by atoms with van der Waals surface area (Å²) in [4.78, 5) is 8.99. The standard InChI is InChI=1S/C12H16ClN3/c1-12(2,3)16-10(6-7-13)15-9-5-4-8-14-11(9)16/h4-5,8H,6-7H2,1-3H3. The fourth-order valence-electron chi connectivity index (χ4n) is 1.92. The minimum Gasteiger partial charge on any atom is -0.307 e. The third kappa shape index (κ3) is 1.92. The number of nitrogens with zero attached hydrogens (tertiary/aromatic N) is 3. The fraction of sp³-hybridized carbons (Fsp3) is 0.500. The van der Waals surface area contributed by atoms with E-state index in [9.17, 15) is 0 Å². The lowest BCUT2D eigenvalue weighted by Gasteiger charge is -2.23. The lowest BCUT2D eigenvalue weighted by Crippen LogP contribution is -2.24. The second-order valence-electron chi connectivity index (χ2n) is 4.82. The predicted octanol–water partition coefficient (Wildman–Crippen LogP) is 2.97. The van der Waals surface area contributed by atoms with Crippen molar-refractivity contribution in [2.24, 2.45) is 0 Å². The van der Waals surface area contributed by atoms with Gasteiger partial charge in [-0.1, -0.05) is 0 Å². The molecular formula is C12H16ClN3. The molecule has 0 radical (unpaired) electrons. The molecule has 0 unspecified atom stereocenters. The van der Waals surface area contributed by atoms with E-state index in [1.807, 2.05) is 12.1 Å². The zero-order chi connectivity index (χ0) is 11.8. The Labute approximate surface area is 100 Å². The molecule has 0 aliphatic heterocycles. The molecule has 0 aromatic carbocycles. The van der Waals surface area contributed by atoms with E-state index < -0.39 is 0 Å². The van der Waals surface area contributed by atoms with Crippen molar-refractivity contribution in [3.63, 3.8) is 0 Å². The van der Waals surface area contributed by atoms with Gasteiger partial charge in [-0.3, -0.25) is 0 Å². The second kappa shape index (κ2) is 4.06. The number of imidazole rings is 1. The van der Waals surface area contributed by atoms with Crippen molar-refractivity contribution in [1.82, 2.24) is 14.5 Å². The second-order valence-corrected chi connectivity index (χ2v) is 5.20. The van der Waals surface area contributed by atoms with Crippen molar-refractivity contribution in [3.05, 3.63) is 24.2 Å². The zero-order valence-electron chi connectivity index (χ0n) is 9.87. The molecule has 0 N–H and O–H groups in total. The molecule has 0 saturated carbocycles. The SMILES string of the molecule is CC(C)(C)n1c(CCCl)nc2cccnc21. The third-order valence-electron chi connectivity index (χ3n) is 2.47. The van der Waals surface area contributed by atoms with Crippen LogP contribution in [-0.4, -0.2) is 20.4 Å². The summed E-state index contributed by atoms with van der Waals surface area (Å²) in [6, 6.07) is 3.90. The molecule has 2 heterocycles. The Kier molecular flexibility index (Phi) is 2.89. The summed E-state index contributed by atoms with van der Waals surface area (Å²) >= 11 is 5.81. The first-order valence-electron chi connectivity index (χ1n) is 5.43. The molecule has 0 spiro atoms. The van der Waals surface area contributed by atoms with Gasteiger partial charge in [-0.2, -0.15) is 0 Å². The van der Waals surface area contributed by atoms with E-state index in [1.54, 1.807) is 6.20 Å². The molecule has 0 bridgehead atoms. The van der Waals surface area contributed by atoms with Crippen LogP contribution in [-0.2, 0) is 12.0 Å². The van der Waals surface area contributed by atoms with Gasteiger partial charge in [-0.05, 0) is 32.9 Å². The number of pyridine rings is 1. The summed E-state index contributed by atoms with van der Waals surface area (Å²) in [5, 5.41) is 0. The number of aryl methyl sites for hydroxylation is 1. The van der Waals surface area contributed by atoms with Gasteiger partial charge >= 0.3 is 0 Å². The molecule has 16 heavy (non-hydrogen) atoms. The monoisotopic (exact) mass is 237 g/mol. The average molecular weight is 238 g/mol. The summed E-state index contributed by atoms with van der Waals surface area (Å²) in [6.45, 7) is 6.46. The van der Waals surface area contributed by atoms with Crippen LogP contribution < -0.4 is 0 Å². The fourth-order valence-corrected chi connectivity index (χ4v) is 2.09. The predicted molar refractivity (Wildman–Crippen MR) is 66.9 cm³/mol. The van der Waals surface area contributed by atoms with Crippen LogP contribution in [0.1, 0.15) is 26.6 Å². The Bertz CT molecular complexity index is 496. The summed E-state index contributed by atoms with van der Waals surface area (Å²) in [5.41, 5.74) is 1.86. The summed E-state index contributed by atoms with van der Waals surface area (Å²) in [6.07, 6.45) is 2.58. The number of alkyl halides is 1. The maximum atomic E-state index is 5.81. The first-order chi connectivity index (χ1) is 7.54. The van der Waals surface area contributed by atoms with E-state index in [0.717, 1.165) is 23.4 Å². The van der Waals surface area contributed by atoms with Crippen LogP contribution in [0.4, 0.5) is 0 Å². The highest BCUT2D eigenvalue weighted by molar-refractivity contribution is 6.17. The molecule has 2 aromatic rings. The number of aromatic nitrogens is 3. The van der Waals surface area contributed by atoms with Crippen LogP contribution in [0.5, 0.6) is 0 Å². The van der Waals surface area contributed by atoms with Crippen LogP contribution in [0, 0.1) is 0 Å². The highest BCUT2D eigenvalue weighted by Crippen LogP contribution is 2.23. The van der Waals surface area contributed by atoms with E-state index in [-0.39, 0.29) is 5.54 Å². The number of halogens is 1. The Morgan fingerprint density at radius 2 is 2.12 bits per heavy atom. The molecule has 0 saturated heterocycles. The smallest absolute Gasteiger partial charge is 0.160 e. The molecule has 0 aliphatic rings. The van der Waals surface area contributed by atoms with E-state index >= 15 is 0 Å². The average Bonchev–Trinajstić information content (AvgIpc) is 2.55. The van der Waals surface area contributed by atoms with Crippen LogP contribution in [0.2, 0.25) is 0 Å². The van der Waals surface area contributed by atoms with Crippen LogP contribution in [0.25, 0.3) is 11.2 Å². The topological polar surface area (TPSA) is 30.7 Å². The van der Waals surface area contributed by atoms with Crippen molar-refractivity contribution in [2.75, 3.05) is 5.88 Å². The highest BCUT2D eigenvalue weighted by Gasteiger charge is 2.21. The Morgan fingerprint density at radius 1 is 1.38 bits per heavy atom. The summed E-state index contributed by atoms with van der Waals surface area (Å²) < 4.78 is 2.17. The normalized spacial score (nSPS) is 12.2. The lowest BCUT2D eigenvalue weighted by atomic mass is 10.1. The maximum absolute atomic E-state index is 5.81. The molecule has 2 aromatic heterocycles. The first kappa shape index (κ1) is 11.4. The van der Waals surface area contributed by atoms with Gasteiger partial charge in [0.1, 0.15) is 11.3 Å². The van der Waals surface area contributed by atoms with Gasteiger partial charge < -0.3 is 4.57 Å². The van der Waals surface area contributed by atoms with Crippen molar-refractivity contribution in [1.29, 1.82) is 0 Å². The molecule has 86 valence electrons. The van der Waals surface area contributed by atoms with Gasteiger partial charge in [0.2, 0.25) is 0 Å². The maximum Gasteiger partial charge on any atom is 0.160 e. The van der Waals surface area contributed by atoms with Crippen molar-refractivity contribution in [2.45, 2.75) is 32.7 Å². The quantitative estimate of drug-likeness (QED) is 0.752. The van der Waals surface area contributed by atoms with Gasteiger partial charge in [0, 0.05) is 24.0 Å². The molecule has 2 rings (SSSR count). The molecular weight excluding hydrogens is 222 g/mol. The zero-order valence-corrected chi connectivity index (χ0v) is 10.6. The van der Waals surface area contributed by atoms with E-state index in [1.165, 1.54) is 0 Å².